The molecule has 0 fully saturated rings. The number of aliphatic hydroxyl groups is 1. The summed E-state index contributed by atoms with van der Waals surface area (Å²) in [5.74, 6) is 0.262. The molecule has 14 heavy (non-hydrogen) atoms. The first kappa shape index (κ1) is 11.5. The van der Waals surface area contributed by atoms with Gasteiger partial charge in [-0.1, -0.05) is 30.3 Å². The lowest BCUT2D eigenvalue weighted by Crippen LogP contribution is -2.40. The highest BCUT2D eigenvalue weighted by Gasteiger charge is 2.16. The van der Waals surface area contributed by atoms with Gasteiger partial charge in [-0.3, -0.25) is 0 Å². The molecule has 0 aliphatic rings. The summed E-state index contributed by atoms with van der Waals surface area (Å²) in [5, 5.41) is 12.7. The molecule has 2 N–H and O–H groups in total. The number of halogens is 1. The maximum Gasteiger partial charge on any atom is 0.0831 e. The Hall–Kier alpha value is -0.570. The number of alkyl halides is 1. The molecule has 0 aliphatic carbocycles. The highest BCUT2D eigenvalue weighted by Crippen LogP contribution is 2.06. The standard InChI is InChI=1S/C11H16ClNO/c1-13-10(11(14)8-12)7-9-5-3-2-4-6-9/h2-6,10-11,13-14H,7-8H2,1H3/t10-,11+/m0/s1. The van der Waals surface area contributed by atoms with Gasteiger partial charge in [0.25, 0.3) is 0 Å². The van der Waals surface area contributed by atoms with Crippen molar-refractivity contribution in [2.45, 2.75) is 18.6 Å². The summed E-state index contributed by atoms with van der Waals surface area (Å²) in [6.07, 6.45) is 0.299. The lowest BCUT2D eigenvalue weighted by molar-refractivity contribution is 0.152. The third-order valence-corrected chi connectivity index (χ3v) is 2.61. The number of hydrogen-bond donors (Lipinski definition) is 2. The zero-order valence-corrected chi connectivity index (χ0v) is 9.04. The average molecular weight is 214 g/mol. The summed E-state index contributed by atoms with van der Waals surface area (Å²) >= 11 is 5.60. The van der Waals surface area contributed by atoms with Crippen LogP contribution in [0, 0.1) is 0 Å². The molecule has 0 unspecified atom stereocenters. The third kappa shape index (κ3) is 3.29. The lowest BCUT2D eigenvalue weighted by atomic mass is 10.0. The van der Waals surface area contributed by atoms with Crippen LogP contribution in [0.2, 0.25) is 0 Å². The minimum absolute atomic E-state index is 0.0231. The van der Waals surface area contributed by atoms with E-state index < -0.39 is 6.10 Å². The molecule has 3 heteroatoms. The van der Waals surface area contributed by atoms with Crippen molar-refractivity contribution in [1.29, 1.82) is 0 Å². The first-order valence-electron chi connectivity index (χ1n) is 4.73. The van der Waals surface area contributed by atoms with Crippen molar-refractivity contribution in [3.8, 4) is 0 Å². The topological polar surface area (TPSA) is 32.3 Å². The second-order valence-corrected chi connectivity index (χ2v) is 3.62. The van der Waals surface area contributed by atoms with Crippen molar-refractivity contribution in [1.82, 2.24) is 5.32 Å². The van der Waals surface area contributed by atoms with Crippen molar-refractivity contribution < 1.29 is 5.11 Å². The molecule has 1 rings (SSSR count). The summed E-state index contributed by atoms with van der Waals surface area (Å²) < 4.78 is 0. The van der Waals surface area contributed by atoms with E-state index in [1.54, 1.807) is 0 Å². The minimum atomic E-state index is -0.498. The molecule has 0 saturated heterocycles. The third-order valence-electron chi connectivity index (χ3n) is 2.29. The van der Waals surface area contributed by atoms with Crippen molar-refractivity contribution >= 4 is 11.6 Å². The normalized spacial score (nSPS) is 15.1. The molecule has 0 bridgehead atoms. The van der Waals surface area contributed by atoms with Crippen LogP contribution in [0.5, 0.6) is 0 Å². The van der Waals surface area contributed by atoms with Crippen LogP contribution in [-0.2, 0) is 6.42 Å². The van der Waals surface area contributed by atoms with E-state index in [0.717, 1.165) is 6.42 Å². The van der Waals surface area contributed by atoms with E-state index in [4.69, 9.17) is 11.6 Å². The predicted octanol–water partition coefficient (Wildman–Crippen LogP) is 1.42. The van der Waals surface area contributed by atoms with Gasteiger partial charge < -0.3 is 10.4 Å². The molecule has 1 aromatic carbocycles. The Balaban J connectivity index is 2.57. The SMILES string of the molecule is CN[C@@H](Cc1ccccc1)[C@H](O)CCl. The first-order valence-corrected chi connectivity index (χ1v) is 5.26. The fourth-order valence-corrected chi connectivity index (χ4v) is 1.62. The van der Waals surface area contributed by atoms with Crippen LogP contribution >= 0.6 is 11.6 Å². The van der Waals surface area contributed by atoms with E-state index in [9.17, 15) is 5.11 Å². The number of rotatable bonds is 5. The van der Waals surface area contributed by atoms with Crippen molar-refractivity contribution in [3.63, 3.8) is 0 Å². The van der Waals surface area contributed by atoms with Gasteiger partial charge in [0.15, 0.2) is 0 Å². The smallest absolute Gasteiger partial charge is 0.0831 e. The summed E-state index contributed by atoms with van der Waals surface area (Å²) in [4.78, 5) is 0. The Kier molecular flexibility index (Phi) is 4.94. The molecule has 0 spiro atoms. The summed E-state index contributed by atoms with van der Waals surface area (Å²) in [6.45, 7) is 0. The highest BCUT2D eigenvalue weighted by atomic mass is 35.5. The van der Waals surface area contributed by atoms with Crippen molar-refractivity contribution in [2.24, 2.45) is 0 Å². The van der Waals surface area contributed by atoms with Crippen LogP contribution in [0.4, 0.5) is 0 Å². The molecule has 0 radical (unpaired) electrons. The van der Waals surface area contributed by atoms with Gasteiger partial charge >= 0.3 is 0 Å². The maximum atomic E-state index is 9.58. The quantitative estimate of drug-likeness (QED) is 0.726. The zero-order chi connectivity index (χ0) is 10.4. The van der Waals surface area contributed by atoms with Crippen molar-refractivity contribution in [2.75, 3.05) is 12.9 Å². The minimum Gasteiger partial charge on any atom is -0.390 e. The van der Waals surface area contributed by atoms with Gasteiger partial charge in [-0.25, -0.2) is 0 Å². The van der Waals surface area contributed by atoms with Crippen LogP contribution in [0.3, 0.4) is 0 Å². The van der Waals surface area contributed by atoms with E-state index >= 15 is 0 Å². The Morgan fingerprint density at radius 3 is 2.50 bits per heavy atom. The molecule has 0 aliphatic heterocycles. The van der Waals surface area contributed by atoms with Gasteiger partial charge in [0.1, 0.15) is 0 Å². The largest absolute Gasteiger partial charge is 0.390 e. The molecule has 2 nitrogen and oxygen atoms in total. The van der Waals surface area contributed by atoms with Crippen LogP contribution < -0.4 is 5.32 Å². The van der Waals surface area contributed by atoms with Gasteiger partial charge in [0.2, 0.25) is 0 Å². The Bertz CT molecular complexity index is 253. The van der Waals surface area contributed by atoms with Gasteiger partial charge in [0.05, 0.1) is 6.10 Å². The van der Waals surface area contributed by atoms with Gasteiger partial charge in [-0.15, -0.1) is 11.6 Å². The molecule has 0 aromatic heterocycles. The number of aliphatic hydroxyl groups excluding tert-OH is 1. The average Bonchev–Trinajstić information content (AvgIpc) is 2.26. The highest BCUT2D eigenvalue weighted by molar-refractivity contribution is 6.18. The van der Waals surface area contributed by atoms with Gasteiger partial charge in [0, 0.05) is 11.9 Å². The van der Waals surface area contributed by atoms with E-state index in [0.29, 0.717) is 0 Å². The molecule has 0 saturated carbocycles. The van der Waals surface area contributed by atoms with Crippen LogP contribution in [-0.4, -0.2) is 30.2 Å². The van der Waals surface area contributed by atoms with Gasteiger partial charge in [-0.05, 0) is 19.0 Å². The first-order chi connectivity index (χ1) is 6.77. The fourth-order valence-electron chi connectivity index (χ4n) is 1.41. The number of benzene rings is 1. The van der Waals surface area contributed by atoms with Crippen LogP contribution in [0.1, 0.15) is 5.56 Å². The Morgan fingerprint density at radius 2 is 2.00 bits per heavy atom. The molecule has 78 valence electrons. The number of nitrogens with one attached hydrogen (secondary N) is 1. The molecular formula is C11H16ClNO. The van der Waals surface area contributed by atoms with Crippen molar-refractivity contribution in [3.05, 3.63) is 35.9 Å². The molecule has 2 atom stereocenters. The molecule has 1 aromatic rings. The number of hydrogen-bond acceptors (Lipinski definition) is 2. The Morgan fingerprint density at radius 1 is 1.36 bits per heavy atom. The van der Waals surface area contributed by atoms with E-state index in [1.165, 1.54) is 5.56 Å². The predicted molar refractivity (Wildman–Crippen MR) is 59.7 cm³/mol. The number of likely N-dealkylation sites (N-methyl/N-ethyl adjacent to an activating group) is 1. The lowest BCUT2D eigenvalue weighted by Gasteiger charge is -2.20. The Labute approximate surface area is 89.9 Å². The zero-order valence-electron chi connectivity index (χ0n) is 8.28. The molecular weight excluding hydrogens is 198 g/mol. The van der Waals surface area contributed by atoms with Crippen LogP contribution in [0.25, 0.3) is 0 Å². The summed E-state index contributed by atoms with van der Waals surface area (Å²) in [5.41, 5.74) is 1.20. The second-order valence-electron chi connectivity index (χ2n) is 3.31. The monoisotopic (exact) mass is 213 g/mol. The summed E-state index contributed by atoms with van der Waals surface area (Å²) in [6, 6.07) is 10.1. The summed E-state index contributed by atoms with van der Waals surface area (Å²) in [7, 11) is 1.84. The van der Waals surface area contributed by atoms with Crippen LogP contribution in [0.15, 0.2) is 30.3 Å². The molecule has 0 heterocycles. The van der Waals surface area contributed by atoms with E-state index in [1.807, 2.05) is 37.4 Å². The fraction of sp³-hybridized carbons (Fsp3) is 0.455. The van der Waals surface area contributed by atoms with E-state index in [-0.39, 0.29) is 11.9 Å². The van der Waals surface area contributed by atoms with E-state index in [2.05, 4.69) is 5.32 Å². The maximum absolute atomic E-state index is 9.58. The second kappa shape index (κ2) is 6.02. The molecule has 0 amide bonds. The van der Waals surface area contributed by atoms with Gasteiger partial charge in [-0.2, -0.15) is 0 Å².